The molecule has 0 aromatic heterocycles. The van der Waals surface area contributed by atoms with Crippen molar-refractivity contribution < 1.29 is 9.18 Å². The molecule has 2 aromatic carbocycles. The number of carbonyl (C=O) groups excluding carboxylic acids is 1. The molecule has 116 valence electrons. The highest BCUT2D eigenvalue weighted by Crippen LogP contribution is 2.44. The second kappa shape index (κ2) is 6.02. The van der Waals surface area contributed by atoms with Crippen molar-refractivity contribution in [1.29, 1.82) is 5.26 Å². The number of amides is 1. The number of nitriles is 1. The zero-order valence-corrected chi connectivity index (χ0v) is 13.0. The Morgan fingerprint density at radius 2 is 2.04 bits per heavy atom. The summed E-state index contributed by atoms with van der Waals surface area (Å²) in [4.78, 5) is 12.8. The van der Waals surface area contributed by atoms with E-state index < -0.39 is 5.41 Å². The molecule has 3 nitrogen and oxygen atoms in total. The molecule has 1 fully saturated rings. The molecule has 1 saturated carbocycles. The van der Waals surface area contributed by atoms with Crippen LogP contribution in [0.2, 0.25) is 5.02 Å². The molecular weight excluding hydrogens is 315 g/mol. The quantitative estimate of drug-likeness (QED) is 0.907. The molecule has 0 aliphatic heterocycles. The predicted octanol–water partition coefficient (Wildman–Crippen LogP) is 4.41. The molecule has 3 rings (SSSR count). The highest BCUT2D eigenvalue weighted by Gasteiger charge is 2.45. The Balaban J connectivity index is 1.87. The monoisotopic (exact) mass is 328 g/mol. The molecule has 5 heteroatoms. The number of nitrogens with one attached hydrogen (secondary N) is 1. The van der Waals surface area contributed by atoms with Crippen LogP contribution in [-0.4, -0.2) is 5.91 Å². The number of hydrogen-bond donors (Lipinski definition) is 1. The lowest BCUT2D eigenvalue weighted by Gasteiger charge is -2.40. The van der Waals surface area contributed by atoms with Gasteiger partial charge >= 0.3 is 0 Å². The lowest BCUT2D eigenvalue weighted by atomic mass is 9.63. The van der Waals surface area contributed by atoms with E-state index in [-0.39, 0.29) is 11.7 Å². The molecule has 0 bridgehead atoms. The van der Waals surface area contributed by atoms with E-state index in [1.54, 1.807) is 30.3 Å². The first kappa shape index (κ1) is 15.5. The van der Waals surface area contributed by atoms with Crippen molar-refractivity contribution in [2.24, 2.45) is 0 Å². The minimum atomic E-state index is -0.692. The maximum atomic E-state index is 13.5. The van der Waals surface area contributed by atoms with Gasteiger partial charge in [0.15, 0.2) is 0 Å². The van der Waals surface area contributed by atoms with Gasteiger partial charge < -0.3 is 5.32 Å². The molecule has 0 unspecified atom stereocenters. The average Bonchev–Trinajstić information content (AvgIpc) is 2.46. The average molecular weight is 329 g/mol. The normalized spacial score (nSPS) is 15.3. The third-order valence-corrected chi connectivity index (χ3v) is 4.68. The maximum absolute atomic E-state index is 13.5. The van der Waals surface area contributed by atoms with Gasteiger partial charge in [-0.15, -0.1) is 0 Å². The van der Waals surface area contributed by atoms with E-state index in [0.717, 1.165) is 6.42 Å². The fourth-order valence-corrected chi connectivity index (χ4v) is 3.12. The molecule has 1 N–H and O–H groups in total. The van der Waals surface area contributed by atoms with Crippen LogP contribution in [0.1, 0.15) is 30.4 Å². The summed E-state index contributed by atoms with van der Waals surface area (Å²) in [6.45, 7) is 0. The van der Waals surface area contributed by atoms with E-state index in [1.807, 2.05) is 6.07 Å². The first-order valence-corrected chi connectivity index (χ1v) is 7.70. The van der Waals surface area contributed by atoms with Gasteiger partial charge in [0.1, 0.15) is 11.9 Å². The minimum Gasteiger partial charge on any atom is -0.325 e. The minimum absolute atomic E-state index is 0.171. The summed E-state index contributed by atoms with van der Waals surface area (Å²) in [5, 5.41) is 12.0. The zero-order valence-electron chi connectivity index (χ0n) is 12.3. The Hall–Kier alpha value is -2.38. The van der Waals surface area contributed by atoms with Crippen molar-refractivity contribution in [3.05, 3.63) is 64.4 Å². The first-order chi connectivity index (χ1) is 11.0. The third kappa shape index (κ3) is 2.80. The predicted molar refractivity (Wildman–Crippen MR) is 86.7 cm³/mol. The van der Waals surface area contributed by atoms with Crippen molar-refractivity contribution >= 4 is 23.2 Å². The van der Waals surface area contributed by atoms with Crippen molar-refractivity contribution in [3.8, 4) is 6.07 Å². The van der Waals surface area contributed by atoms with Crippen molar-refractivity contribution in [2.45, 2.75) is 24.7 Å². The van der Waals surface area contributed by atoms with Crippen LogP contribution in [0.5, 0.6) is 0 Å². The molecule has 0 heterocycles. The summed E-state index contributed by atoms with van der Waals surface area (Å²) < 4.78 is 13.5. The number of hydrogen-bond acceptors (Lipinski definition) is 2. The summed E-state index contributed by atoms with van der Waals surface area (Å²) in [5.74, 6) is -0.516. The van der Waals surface area contributed by atoms with Gasteiger partial charge in [-0.2, -0.15) is 5.26 Å². The van der Waals surface area contributed by atoms with Gasteiger partial charge in [-0.25, -0.2) is 4.39 Å². The van der Waals surface area contributed by atoms with Crippen molar-refractivity contribution in [2.75, 3.05) is 5.32 Å². The maximum Gasteiger partial charge on any atom is 0.235 e. The van der Waals surface area contributed by atoms with Crippen LogP contribution in [-0.2, 0) is 10.2 Å². The summed E-state index contributed by atoms with van der Waals surface area (Å²) in [5.41, 5.74) is 0.887. The van der Waals surface area contributed by atoms with Crippen LogP contribution in [0.4, 0.5) is 10.1 Å². The summed E-state index contributed by atoms with van der Waals surface area (Å²) in [6.07, 6.45) is 2.30. The van der Waals surface area contributed by atoms with E-state index in [4.69, 9.17) is 16.9 Å². The molecule has 1 aliphatic carbocycles. The van der Waals surface area contributed by atoms with E-state index in [1.165, 1.54) is 12.1 Å². The standard InChI is InChI=1S/C18H14ClFN2O/c19-16-10-15(6-5-12(16)11-21)22-17(23)18(7-2-8-18)13-3-1-4-14(20)9-13/h1,3-6,9-10H,2,7-8H2,(H,22,23). The zero-order chi connectivity index (χ0) is 16.4. The topological polar surface area (TPSA) is 52.9 Å². The van der Waals surface area contributed by atoms with E-state index in [2.05, 4.69) is 5.32 Å². The Labute approximate surface area is 138 Å². The van der Waals surface area contributed by atoms with Gasteiger partial charge in [0.05, 0.1) is 16.0 Å². The molecular formula is C18H14ClFN2O. The molecule has 2 aromatic rings. The molecule has 0 atom stereocenters. The van der Waals surface area contributed by atoms with Crippen molar-refractivity contribution in [3.63, 3.8) is 0 Å². The summed E-state index contributed by atoms with van der Waals surface area (Å²) in [6, 6.07) is 12.9. The number of anilines is 1. The van der Waals surface area contributed by atoms with Crippen LogP contribution in [0.3, 0.4) is 0 Å². The largest absolute Gasteiger partial charge is 0.325 e. The van der Waals surface area contributed by atoms with Gasteiger partial charge in [0.2, 0.25) is 5.91 Å². The van der Waals surface area contributed by atoms with E-state index >= 15 is 0 Å². The van der Waals surface area contributed by atoms with Gasteiger partial charge in [0, 0.05) is 5.69 Å². The lowest BCUT2D eigenvalue weighted by Crippen LogP contribution is -2.46. The second-order valence-electron chi connectivity index (χ2n) is 5.71. The van der Waals surface area contributed by atoms with E-state index in [9.17, 15) is 9.18 Å². The highest BCUT2D eigenvalue weighted by atomic mass is 35.5. The van der Waals surface area contributed by atoms with Gasteiger partial charge in [0.25, 0.3) is 0 Å². The SMILES string of the molecule is N#Cc1ccc(NC(=O)C2(c3cccc(F)c3)CCC2)cc1Cl. The number of nitrogens with zero attached hydrogens (tertiary/aromatic N) is 1. The third-order valence-electron chi connectivity index (χ3n) is 4.37. The Kier molecular flexibility index (Phi) is 4.06. The highest BCUT2D eigenvalue weighted by molar-refractivity contribution is 6.32. The van der Waals surface area contributed by atoms with Crippen LogP contribution in [0.15, 0.2) is 42.5 Å². The fraction of sp³-hybridized carbons (Fsp3) is 0.222. The van der Waals surface area contributed by atoms with E-state index in [0.29, 0.717) is 34.7 Å². The van der Waals surface area contributed by atoms with Gasteiger partial charge in [-0.3, -0.25) is 4.79 Å². The van der Waals surface area contributed by atoms with Crippen LogP contribution < -0.4 is 5.32 Å². The first-order valence-electron chi connectivity index (χ1n) is 7.32. The number of rotatable bonds is 3. The summed E-state index contributed by atoms with van der Waals surface area (Å²) >= 11 is 5.99. The van der Waals surface area contributed by atoms with Gasteiger partial charge in [-0.05, 0) is 48.7 Å². The van der Waals surface area contributed by atoms with Crippen LogP contribution in [0, 0.1) is 17.1 Å². The molecule has 1 amide bonds. The molecule has 1 aliphatic rings. The number of halogens is 2. The Morgan fingerprint density at radius 3 is 2.61 bits per heavy atom. The molecule has 0 radical (unpaired) electrons. The molecule has 0 saturated heterocycles. The Bertz CT molecular complexity index is 809. The molecule has 23 heavy (non-hydrogen) atoms. The summed E-state index contributed by atoms with van der Waals surface area (Å²) in [7, 11) is 0. The van der Waals surface area contributed by atoms with Crippen LogP contribution >= 0.6 is 11.6 Å². The molecule has 0 spiro atoms. The van der Waals surface area contributed by atoms with Gasteiger partial charge in [-0.1, -0.05) is 30.2 Å². The van der Waals surface area contributed by atoms with Crippen molar-refractivity contribution in [1.82, 2.24) is 0 Å². The van der Waals surface area contributed by atoms with Crippen LogP contribution in [0.25, 0.3) is 0 Å². The second-order valence-corrected chi connectivity index (χ2v) is 6.11. The Morgan fingerprint density at radius 1 is 1.26 bits per heavy atom. The fourth-order valence-electron chi connectivity index (χ4n) is 2.90. The smallest absolute Gasteiger partial charge is 0.235 e. The number of carbonyl (C=O) groups is 1. The number of benzene rings is 2. The lowest BCUT2D eigenvalue weighted by molar-refractivity contribution is -0.124.